The smallest absolute Gasteiger partial charge is 0.241 e. The summed E-state index contributed by atoms with van der Waals surface area (Å²) in [5.41, 5.74) is 6.40. The van der Waals surface area contributed by atoms with Gasteiger partial charge in [-0.25, -0.2) is 0 Å². The number of nitrogens with one attached hydrogen (secondary N) is 1. The molecule has 94 valence electrons. The van der Waals surface area contributed by atoms with Crippen molar-refractivity contribution in [2.75, 3.05) is 5.32 Å². The number of carbonyl (C=O) groups is 1. The van der Waals surface area contributed by atoms with Crippen LogP contribution in [0.5, 0.6) is 0 Å². The Kier molecular flexibility index (Phi) is 6.22. The molecule has 5 heteroatoms. The first-order valence-electron chi connectivity index (χ1n) is 5.56. The van der Waals surface area contributed by atoms with E-state index >= 15 is 0 Å². The van der Waals surface area contributed by atoms with E-state index in [0.717, 1.165) is 16.4 Å². The Hall–Kier alpha value is -0.330. The molecule has 0 saturated heterocycles. The van der Waals surface area contributed by atoms with E-state index in [9.17, 15) is 4.79 Å². The van der Waals surface area contributed by atoms with Crippen molar-refractivity contribution >= 4 is 45.8 Å². The third-order valence-electron chi connectivity index (χ3n) is 2.39. The summed E-state index contributed by atoms with van der Waals surface area (Å²) in [4.78, 5) is 11.8. The summed E-state index contributed by atoms with van der Waals surface area (Å²) in [5.74, 6) is -0.178. The molecule has 0 aliphatic carbocycles. The maximum atomic E-state index is 11.8. The molecule has 0 aromatic heterocycles. The Morgan fingerprint density at radius 3 is 2.94 bits per heavy atom. The Morgan fingerprint density at radius 1 is 1.59 bits per heavy atom. The molecule has 1 rings (SSSR count). The average molecular weight is 367 g/mol. The van der Waals surface area contributed by atoms with Crippen molar-refractivity contribution < 1.29 is 4.79 Å². The van der Waals surface area contributed by atoms with Crippen molar-refractivity contribution in [2.45, 2.75) is 32.2 Å². The molecule has 0 unspecified atom stereocenters. The molecule has 17 heavy (non-hydrogen) atoms. The Balaban J connectivity index is 2.64. The predicted molar refractivity (Wildman–Crippen MR) is 80.3 cm³/mol. The molecular formula is C12H16ClIN2O. The highest BCUT2D eigenvalue weighted by atomic mass is 127. The number of halogens is 2. The molecule has 1 atom stereocenters. The maximum Gasteiger partial charge on any atom is 0.241 e. The van der Waals surface area contributed by atoms with Crippen LogP contribution in [0.3, 0.4) is 0 Å². The molecule has 0 fully saturated rings. The molecule has 0 aliphatic rings. The van der Waals surface area contributed by atoms with E-state index in [0.29, 0.717) is 17.1 Å². The molecule has 0 spiro atoms. The lowest BCUT2D eigenvalue weighted by Crippen LogP contribution is -2.35. The number of carbonyl (C=O) groups excluding carboxylic acids is 1. The fourth-order valence-electron chi connectivity index (χ4n) is 1.37. The highest BCUT2D eigenvalue weighted by Crippen LogP contribution is 2.24. The topological polar surface area (TPSA) is 55.1 Å². The second kappa shape index (κ2) is 7.18. The van der Waals surface area contributed by atoms with Gasteiger partial charge in [0.25, 0.3) is 0 Å². The molecule has 1 amide bonds. The van der Waals surface area contributed by atoms with E-state index in [1.807, 2.05) is 12.1 Å². The van der Waals surface area contributed by atoms with Gasteiger partial charge in [0.15, 0.2) is 0 Å². The van der Waals surface area contributed by atoms with Crippen molar-refractivity contribution in [3.8, 4) is 0 Å². The van der Waals surface area contributed by atoms with Crippen molar-refractivity contribution in [1.29, 1.82) is 0 Å². The lowest BCUT2D eigenvalue weighted by molar-refractivity contribution is -0.117. The summed E-state index contributed by atoms with van der Waals surface area (Å²) in [5, 5.41) is 3.29. The van der Waals surface area contributed by atoms with E-state index in [1.54, 1.807) is 6.07 Å². The predicted octanol–water partition coefficient (Wildman–Crippen LogP) is 3.40. The fourth-order valence-corrected chi connectivity index (χ4v) is 2.03. The number of hydrogen-bond donors (Lipinski definition) is 2. The first kappa shape index (κ1) is 14.7. The minimum atomic E-state index is -0.469. The van der Waals surface area contributed by atoms with Crippen LogP contribution >= 0.6 is 34.2 Å². The zero-order chi connectivity index (χ0) is 12.8. The van der Waals surface area contributed by atoms with Crippen LogP contribution in [0.2, 0.25) is 5.02 Å². The summed E-state index contributed by atoms with van der Waals surface area (Å²) in [7, 11) is 0. The van der Waals surface area contributed by atoms with E-state index in [2.05, 4.69) is 34.8 Å². The molecule has 0 heterocycles. The van der Waals surface area contributed by atoms with Crippen LogP contribution in [0.15, 0.2) is 18.2 Å². The Morgan fingerprint density at radius 2 is 2.29 bits per heavy atom. The Bertz CT molecular complexity index is 398. The van der Waals surface area contributed by atoms with Gasteiger partial charge in [0.1, 0.15) is 0 Å². The van der Waals surface area contributed by atoms with E-state index in [-0.39, 0.29) is 5.91 Å². The van der Waals surface area contributed by atoms with Gasteiger partial charge >= 0.3 is 0 Å². The number of benzene rings is 1. The number of amides is 1. The second-order valence-electron chi connectivity index (χ2n) is 3.86. The second-order valence-corrected chi connectivity index (χ2v) is 5.51. The van der Waals surface area contributed by atoms with Crippen molar-refractivity contribution in [3.63, 3.8) is 0 Å². The van der Waals surface area contributed by atoms with Crippen molar-refractivity contribution in [1.82, 2.24) is 0 Å². The number of hydrogen-bond acceptors (Lipinski definition) is 2. The molecule has 3 N–H and O–H groups in total. The zero-order valence-corrected chi connectivity index (χ0v) is 12.6. The molecule has 1 aromatic carbocycles. The molecule has 0 bridgehead atoms. The Labute approximate surface area is 120 Å². The maximum absolute atomic E-state index is 11.8. The SMILES string of the molecule is CCCC[C@H](N)C(=O)Nc1cc(I)ccc1Cl. The summed E-state index contributed by atoms with van der Waals surface area (Å²) >= 11 is 8.16. The number of nitrogens with two attached hydrogens (primary N) is 1. The van der Waals surface area contributed by atoms with Crippen LogP contribution in [-0.4, -0.2) is 11.9 Å². The van der Waals surface area contributed by atoms with Crippen LogP contribution in [0.1, 0.15) is 26.2 Å². The lowest BCUT2D eigenvalue weighted by Gasteiger charge is -2.12. The number of unbranched alkanes of at least 4 members (excludes halogenated alkanes) is 1. The highest BCUT2D eigenvalue weighted by Gasteiger charge is 2.14. The molecule has 3 nitrogen and oxygen atoms in total. The van der Waals surface area contributed by atoms with Gasteiger partial charge in [-0.2, -0.15) is 0 Å². The van der Waals surface area contributed by atoms with Gasteiger partial charge in [0.05, 0.1) is 16.8 Å². The number of anilines is 1. The molecular weight excluding hydrogens is 351 g/mol. The van der Waals surface area contributed by atoms with Crippen molar-refractivity contribution in [2.24, 2.45) is 5.73 Å². The summed E-state index contributed by atoms with van der Waals surface area (Å²) in [6.07, 6.45) is 2.68. The molecule has 0 aliphatic heterocycles. The highest BCUT2D eigenvalue weighted by molar-refractivity contribution is 14.1. The van der Waals surface area contributed by atoms with Gasteiger partial charge in [-0.15, -0.1) is 0 Å². The monoisotopic (exact) mass is 366 g/mol. The molecule has 1 aromatic rings. The van der Waals surface area contributed by atoms with Crippen LogP contribution < -0.4 is 11.1 Å². The fraction of sp³-hybridized carbons (Fsp3) is 0.417. The average Bonchev–Trinajstić information content (AvgIpc) is 2.30. The van der Waals surface area contributed by atoms with Gasteiger partial charge in [-0.1, -0.05) is 31.4 Å². The minimum absolute atomic E-state index is 0.178. The van der Waals surface area contributed by atoms with Crippen LogP contribution in [0, 0.1) is 3.57 Å². The van der Waals surface area contributed by atoms with Crippen LogP contribution in [0.25, 0.3) is 0 Å². The van der Waals surface area contributed by atoms with Gasteiger partial charge in [-0.05, 0) is 47.2 Å². The van der Waals surface area contributed by atoms with E-state index in [4.69, 9.17) is 17.3 Å². The van der Waals surface area contributed by atoms with Crippen molar-refractivity contribution in [3.05, 3.63) is 26.8 Å². The van der Waals surface area contributed by atoms with Gasteiger partial charge < -0.3 is 11.1 Å². The third kappa shape index (κ3) is 4.81. The summed E-state index contributed by atoms with van der Waals surface area (Å²) in [6.45, 7) is 2.07. The van der Waals surface area contributed by atoms with Gasteiger partial charge in [0, 0.05) is 3.57 Å². The summed E-state index contributed by atoms with van der Waals surface area (Å²) in [6, 6.07) is 5.00. The zero-order valence-electron chi connectivity index (χ0n) is 9.67. The van der Waals surface area contributed by atoms with Crippen LogP contribution in [-0.2, 0) is 4.79 Å². The largest absolute Gasteiger partial charge is 0.323 e. The van der Waals surface area contributed by atoms with Gasteiger partial charge in [0.2, 0.25) is 5.91 Å². The minimum Gasteiger partial charge on any atom is -0.323 e. The molecule has 0 radical (unpaired) electrons. The first-order chi connectivity index (χ1) is 8.04. The van der Waals surface area contributed by atoms with E-state index in [1.165, 1.54) is 0 Å². The van der Waals surface area contributed by atoms with E-state index < -0.39 is 6.04 Å². The van der Waals surface area contributed by atoms with Crippen LogP contribution in [0.4, 0.5) is 5.69 Å². The van der Waals surface area contributed by atoms with Gasteiger partial charge in [-0.3, -0.25) is 4.79 Å². The lowest BCUT2D eigenvalue weighted by atomic mass is 10.1. The first-order valence-corrected chi connectivity index (χ1v) is 7.01. The molecule has 0 saturated carbocycles. The normalized spacial score (nSPS) is 12.2. The standard InChI is InChI=1S/C12H16ClIN2O/c1-2-3-4-10(15)12(17)16-11-7-8(14)5-6-9(11)13/h5-7,10H,2-4,15H2,1H3,(H,16,17)/t10-/m0/s1. The quantitative estimate of drug-likeness (QED) is 0.785. The third-order valence-corrected chi connectivity index (χ3v) is 3.39. The summed E-state index contributed by atoms with van der Waals surface area (Å²) < 4.78 is 1.02. The number of rotatable bonds is 5.